The van der Waals surface area contributed by atoms with Crippen LogP contribution in [0, 0.1) is 11.6 Å². The molecule has 0 unspecified atom stereocenters. The molecule has 0 saturated carbocycles. The zero-order valence-corrected chi connectivity index (χ0v) is 12.8. The number of nitrogens with zero attached hydrogens (tertiary/aromatic N) is 3. The van der Waals surface area contributed by atoms with Gasteiger partial charge in [-0.05, 0) is 30.3 Å². The number of anilines is 1. The van der Waals surface area contributed by atoms with Crippen LogP contribution in [0.3, 0.4) is 0 Å². The van der Waals surface area contributed by atoms with Gasteiger partial charge in [0.05, 0.1) is 11.2 Å². The van der Waals surface area contributed by atoms with Crippen LogP contribution < -0.4 is 5.32 Å². The third-order valence-corrected chi connectivity index (χ3v) is 3.70. The lowest BCUT2D eigenvalue weighted by atomic mass is 10.2. The molecule has 0 aliphatic rings. The summed E-state index contributed by atoms with van der Waals surface area (Å²) in [4.78, 5) is 20.0. The van der Waals surface area contributed by atoms with Crippen molar-refractivity contribution in [1.82, 2.24) is 14.3 Å². The summed E-state index contributed by atoms with van der Waals surface area (Å²) in [6.45, 7) is 0. The van der Waals surface area contributed by atoms with Crippen molar-refractivity contribution in [3.63, 3.8) is 0 Å². The molecule has 0 aliphatic carbocycles. The van der Waals surface area contributed by atoms with Crippen LogP contribution in [-0.2, 0) is 0 Å². The van der Waals surface area contributed by atoms with E-state index in [1.807, 2.05) is 0 Å². The van der Waals surface area contributed by atoms with Crippen molar-refractivity contribution in [1.29, 1.82) is 0 Å². The lowest BCUT2D eigenvalue weighted by Gasteiger charge is -2.02. The van der Waals surface area contributed by atoms with Crippen LogP contribution in [0.1, 0.15) is 10.4 Å². The average Bonchev–Trinajstić information content (AvgIpc) is 2.99. The zero-order chi connectivity index (χ0) is 16.4. The van der Waals surface area contributed by atoms with Crippen molar-refractivity contribution in [2.75, 3.05) is 5.32 Å². The van der Waals surface area contributed by atoms with Crippen LogP contribution >= 0.6 is 23.1 Å². The van der Waals surface area contributed by atoms with Crippen LogP contribution in [0.25, 0.3) is 11.5 Å². The molecule has 0 spiro atoms. The van der Waals surface area contributed by atoms with Crippen LogP contribution in [0.5, 0.6) is 0 Å². The standard InChI is InChI=1S/C14H7ClF2N4OS/c15-9-5-7(1-3-10(9)17)13(22)20-14-19-12(21-23-14)11-4-2-8(16)6-18-11/h1-6H,(H,19,20,21,22). The van der Waals surface area contributed by atoms with Gasteiger partial charge in [-0.3, -0.25) is 10.1 Å². The number of nitrogens with one attached hydrogen (secondary N) is 1. The number of carbonyl (C=O) groups excluding carboxylic acids is 1. The van der Waals surface area contributed by atoms with Crippen molar-refractivity contribution in [3.8, 4) is 11.5 Å². The molecule has 0 aliphatic heterocycles. The Bertz CT molecular complexity index is 869. The van der Waals surface area contributed by atoms with E-state index in [0.717, 1.165) is 23.8 Å². The molecule has 116 valence electrons. The molecule has 1 amide bonds. The summed E-state index contributed by atoms with van der Waals surface area (Å²) >= 11 is 6.58. The molecule has 2 aromatic heterocycles. The first-order valence-electron chi connectivity index (χ1n) is 6.25. The van der Waals surface area contributed by atoms with Gasteiger partial charge in [-0.15, -0.1) is 0 Å². The highest BCUT2D eigenvalue weighted by Crippen LogP contribution is 2.21. The number of halogens is 3. The molecule has 0 fully saturated rings. The molecule has 1 N–H and O–H groups in total. The molecule has 2 heterocycles. The van der Waals surface area contributed by atoms with E-state index in [9.17, 15) is 13.6 Å². The molecule has 0 atom stereocenters. The van der Waals surface area contributed by atoms with Crippen molar-refractivity contribution < 1.29 is 13.6 Å². The number of carbonyl (C=O) groups is 1. The first kappa shape index (κ1) is 15.4. The second-order valence-electron chi connectivity index (χ2n) is 4.37. The summed E-state index contributed by atoms with van der Waals surface area (Å²) in [6.07, 6.45) is 1.05. The van der Waals surface area contributed by atoms with E-state index >= 15 is 0 Å². The summed E-state index contributed by atoms with van der Waals surface area (Å²) in [6, 6.07) is 6.30. The van der Waals surface area contributed by atoms with Gasteiger partial charge in [0.1, 0.15) is 17.3 Å². The Morgan fingerprint density at radius 2 is 2.04 bits per heavy atom. The van der Waals surface area contributed by atoms with E-state index in [1.165, 1.54) is 24.3 Å². The normalized spacial score (nSPS) is 10.6. The second-order valence-corrected chi connectivity index (χ2v) is 5.53. The Morgan fingerprint density at radius 3 is 2.74 bits per heavy atom. The Kier molecular flexibility index (Phi) is 4.26. The van der Waals surface area contributed by atoms with E-state index in [2.05, 4.69) is 19.7 Å². The Labute approximate surface area is 138 Å². The summed E-state index contributed by atoms with van der Waals surface area (Å²) < 4.78 is 30.0. The first-order valence-corrected chi connectivity index (χ1v) is 7.40. The lowest BCUT2D eigenvalue weighted by Crippen LogP contribution is -2.11. The molecular formula is C14H7ClF2N4OS. The van der Waals surface area contributed by atoms with Gasteiger partial charge in [0.15, 0.2) is 5.82 Å². The highest BCUT2D eigenvalue weighted by Gasteiger charge is 2.13. The van der Waals surface area contributed by atoms with Gasteiger partial charge in [0.25, 0.3) is 5.91 Å². The van der Waals surface area contributed by atoms with Crippen LogP contribution in [0.4, 0.5) is 13.9 Å². The molecule has 0 saturated heterocycles. The first-order chi connectivity index (χ1) is 11.0. The summed E-state index contributed by atoms with van der Waals surface area (Å²) in [5.74, 6) is -1.31. The molecule has 5 nitrogen and oxygen atoms in total. The zero-order valence-electron chi connectivity index (χ0n) is 11.3. The third kappa shape index (κ3) is 3.49. The van der Waals surface area contributed by atoms with Crippen molar-refractivity contribution in [2.24, 2.45) is 0 Å². The van der Waals surface area contributed by atoms with Crippen LogP contribution in [0.15, 0.2) is 36.5 Å². The number of aromatic nitrogens is 3. The van der Waals surface area contributed by atoms with Gasteiger partial charge in [0, 0.05) is 17.1 Å². The second kappa shape index (κ2) is 6.35. The Hall–Kier alpha value is -2.45. The number of rotatable bonds is 3. The van der Waals surface area contributed by atoms with Crippen molar-refractivity contribution >= 4 is 34.2 Å². The van der Waals surface area contributed by atoms with Crippen LogP contribution in [0.2, 0.25) is 5.02 Å². The monoisotopic (exact) mass is 352 g/mol. The van der Waals surface area contributed by atoms with E-state index in [-0.39, 0.29) is 21.5 Å². The third-order valence-electron chi connectivity index (χ3n) is 2.78. The number of hydrogen-bond acceptors (Lipinski definition) is 5. The predicted octanol–water partition coefficient (Wildman–Crippen LogP) is 3.78. The van der Waals surface area contributed by atoms with E-state index in [1.54, 1.807) is 0 Å². The maximum absolute atomic E-state index is 13.1. The average molecular weight is 353 g/mol. The Balaban J connectivity index is 1.77. The minimum absolute atomic E-state index is 0.147. The van der Waals surface area contributed by atoms with Gasteiger partial charge < -0.3 is 0 Å². The van der Waals surface area contributed by atoms with Crippen molar-refractivity contribution in [3.05, 3.63) is 58.7 Å². The van der Waals surface area contributed by atoms with Gasteiger partial charge in [-0.1, -0.05) is 11.6 Å². The largest absolute Gasteiger partial charge is 0.297 e. The maximum atomic E-state index is 13.1. The molecule has 23 heavy (non-hydrogen) atoms. The molecule has 0 radical (unpaired) electrons. The molecule has 9 heteroatoms. The molecule has 3 aromatic rings. The smallest absolute Gasteiger partial charge is 0.257 e. The van der Waals surface area contributed by atoms with E-state index in [0.29, 0.717) is 5.69 Å². The van der Waals surface area contributed by atoms with Gasteiger partial charge in [0.2, 0.25) is 5.13 Å². The number of amides is 1. The van der Waals surface area contributed by atoms with Gasteiger partial charge in [-0.25, -0.2) is 13.8 Å². The fraction of sp³-hybridized carbons (Fsp3) is 0. The summed E-state index contributed by atoms with van der Waals surface area (Å²) in [5, 5.41) is 2.62. The van der Waals surface area contributed by atoms with Crippen molar-refractivity contribution in [2.45, 2.75) is 0 Å². The number of pyridine rings is 1. The lowest BCUT2D eigenvalue weighted by molar-refractivity contribution is 0.102. The quantitative estimate of drug-likeness (QED) is 0.778. The Morgan fingerprint density at radius 1 is 1.22 bits per heavy atom. The minimum atomic E-state index is -0.608. The highest BCUT2D eigenvalue weighted by atomic mass is 35.5. The summed E-state index contributed by atoms with van der Waals surface area (Å²) in [5.41, 5.74) is 0.570. The molecule has 0 bridgehead atoms. The number of hydrogen-bond donors (Lipinski definition) is 1. The highest BCUT2D eigenvalue weighted by molar-refractivity contribution is 7.10. The van der Waals surface area contributed by atoms with E-state index in [4.69, 9.17) is 11.6 Å². The SMILES string of the molecule is O=C(Nc1nc(-c2ccc(F)cn2)ns1)c1ccc(F)c(Cl)c1. The molecular weight excluding hydrogens is 346 g/mol. The predicted molar refractivity (Wildman–Crippen MR) is 82.5 cm³/mol. The van der Waals surface area contributed by atoms with E-state index < -0.39 is 17.5 Å². The summed E-state index contributed by atoms with van der Waals surface area (Å²) in [7, 11) is 0. The van der Waals surface area contributed by atoms with Gasteiger partial charge in [-0.2, -0.15) is 9.36 Å². The fourth-order valence-corrected chi connectivity index (χ4v) is 2.45. The van der Waals surface area contributed by atoms with Crippen LogP contribution in [-0.4, -0.2) is 20.2 Å². The topological polar surface area (TPSA) is 67.8 Å². The molecule has 3 rings (SSSR count). The van der Waals surface area contributed by atoms with Gasteiger partial charge >= 0.3 is 0 Å². The maximum Gasteiger partial charge on any atom is 0.257 e. The number of benzene rings is 1. The minimum Gasteiger partial charge on any atom is -0.297 e. The fourth-order valence-electron chi connectivity index (χ4n) is 1.69. The molecule has 1 aromatic carbocycles.